The Bertz CT molecular complexity index is 398. The summed E-state index contributed by atoms with van der Waals surface area (Å²) in [6.45, 7) is 0. The van der Waals surface area contributed by atoms with E-state index in [1.807, 2.05) is 0 Å². The van der Waals surface area contributed by atoms with Crippen LogP contribution in [0.2, 0.25) is 0 Å². The summed E-state index contributed by atoms with van der Waals surface area (Å²) in [6.07, 6.45) is -2.88. The maximum absolute atomic E-state index is 13.1. The molecule has 0 atom stereocenters. The molecule has 3 nitrogen and oxygen atoms in total. The number of hydrogen-bond acceptors (Lipinski definition) is 3. The molecule has 1 heterocycles. The molecule has 0 bridgehead atoms. The van der Waals surface area contributed by atoms with Gasteiger partial charge >= 0.3 is 5.97 Å². The average molecular weight is 331 g/mol. The molecule has 0 amide bonds. The highest BCUT2D eigenvalue weighted by atomic mass is 127. The van der Waals surface area contributed by atoms with Crippen molar-refractivity contribution in [2.75, 3.05) is 7.11 Å². The molecule has 0 saturated heterocycles. The summed E-state index contributed by atoms with van der Waals surface area (Å²) < 4.78 is 41.9. The molecule has 0 unspecified atom stereocenters. The lowest BCUT2D eigenvalue weighted by Gasteiger charge is -2.05. The van der Waals surface area contributed by atoms with Crippen molar-refractivity contribution in [2.24, 2.45) is 0 Å². The Hall–Kier alpha value is -0.860. The first-order chi connectivity index (χ1) is 6.97. The molecule has 0 saturated carbocycles. The smallest absolute Gasteiger partial charge is 0.342 e. The molecule has 0 aliphatic carbocycles. The number of pyridine rings is 1. The minimum absolute atomic E-state index is 0.0180. The van der Waals surface area contributed by atoms with E-state index in [9.17, 15) is 18.0 Å². The van der Waals surface area contributed by atoms with Crippen molar-refractivity contribution < 1.29 is 22.7 Å². The van der Waals surface area contributed by atoms with Gasteiger partial charge in [-0.05, 0) is 28.7 Å². The van der Waals surface area contributed by atoms with E-state index in [1.54, 1.807) is 22.6 Å². The predicted molar refractivity (Wildman–Crippen MR) is 53.2 cm³/mol. The zero-order chi connectivity index (χ0) is 11.6. The number of hydrogen-bond donors (Lipinski definition) is 0. The van der Waals surface area contributed by atoms with Gasteiger partial charge < -0.3 is 4.74 Å². The first kappa shape index (κ1) is 12.2. The van der Waals surface area contributed by atoms with Crippen LogP contribution in [0.15, 0.2) is 6.07 Å². The average Bonchev–Trinajstić information content (AvgIpc) is 2.19. The van der Waals surface area contributed by atoms with Gasteiger partial charge in [0.05, 0.1) is 7.11 Å². The minimum Gasteiger partial charge on any atom is -0.465 e. The van der Waals surface area contributed by atoms with E-state index >= 15 is 0 Å². The Morgan fingerprint density at radius 1 is 1.60 bits per heavy atom. The van der Waals surface area contributed by atoms with Crippen molar-refractivity contribution in [1.29, 1.82) is 0 Å². The maximum Gasteiger partial charge on any atom is 0.342 e. The third-order valence-corrected chi connectivity index (χ3v) is 2.43. The highest BCUT2D eigenvalue weighted by molar-refractivity contribution is 14.1. The van der Waals surface area contributed by atoms with Crippen molar-refractivity contribution >= 4 is 28.6 Å². The fraction of sp³-hybridized carbons (Fsp3) is 0.250. The highest BCUT2D eigenvalue weighted by Crippen LogP contribution is 2.24. The van der Waals surface area contributed by atoms with Crippen LogP contribution in [0.4, 0.5) is 13.2 Å². The number of ether oxygens (including phenoxy) is 1. The van der Waals surface area contributed by atoms with E-state index in [2.05, 4.69) is 9.72 Å². The summed E-state index contributed by atoms with van der Waals surface area (Å²) in [5, 5.41) is 0. The van der Waals surface area contributed by atoms with Crippen LogP contribution in [0.5, 0.6) is 0 Å². The van der Waals surface area contributed by atoms with Crippen LogP contribution in [-0.2, 0) is 4.74 Å². The van der Waals surface area contributed by atoms with Gasteiger partial charge in [-0.2, -0.15) is 4.39 Å². The van der Waals surface area contributed by atoms with E-state index in [-0.39, 0.29) is 3.57 Å². The number of alkyl halides is 2. The molecule has 1 aromatic heterocycles. The minimum atomic E-state index is -2.88. The van der Waals surface area contributed by atoms with E-state index in [1.165, 1.54) is 0 Å². The molecule has 0 radical (unpaired) electrons. The van der Waals surface area contributed by atoms with Gasteiger partial charge in [0, 0.05) is 3.57 Å². The number of nitrogens with zero attached hydrogens (tertiary/aromatic N) is 1. The maximum atomic E-state index is 13.1. The standard InChI is InChI=1S/C8H5F3INO2/c1-15-8(14)3-2-4(12)5(6(9)10)13-7(3)11/h2,6H,1H3. The fourth-order valence-electron chi connectivity index (χ4n) is 0.886. The molecular formula is C8H5F3INO2. The number of methoxy groups -OCH3 is 1. The molecule has 0 aromatic carbocycles. The van der Waals surface area contributed by atoms with Crippen LogP contribution in [0, 0.1) is 9.52 Å². The fourth-order valence-corrected chi connectivity index (χ4v) is 1.55. The number of aromatic nitrogens is 1. The molecular weight excluding hydrogens is 326 g/mol. The van der Waals surface area contributed by atoms with E-state index in [0.717, 1.165) is 13.2 Å². The van der Waals surface area contributed by atoms with Gasteiger partial charge in [-0.25, -0.2) is 18.6 Å². The molecule has 15 heavy (non-hydrogen) atoms. The summed E-state index contributed by atoms with van der Waals surface area (Å²) in [4.78, 5) is 14.0. The Kier molecular flexibility index (Phi) is 3.89. The number of carbonyl (C=O) groups is 1. The second-order valence-electron chi connectivity index (χ2n) is 2.49. The van der Waals surface area contributed by atoms with Crippen LogP contribution in [0.3, 0.4) is 0 Å². The molecule has 1 rings (SSSR count). The first-order valence-electron chi connectivity index (χ1n) is 3.69. The lowest BCUT2D eigenvalue weighted by Crippen LogP contribution is -2.09. The molecule has 0 aliphatic heterocycles. The summed E-state index contributed by atoms with van der Waals surface area (Å²) in [5.41, 5.74) is -1.13. The SMILES string of the molecule is COC(=O)c1cc(I)c(C(F)F)nc1F. The van der Waals surface area contributed by atoms with E-state index in [4.69, 9.17) is 0 Å². The number of carbonyl (C=O) groups excluding carboxylic acids is 1. The van der Waals surface area contributed by atoms with Crippen LogP contribution in [-0.4, -0.2) is 18.1 Å². The first-order valence-corrected chi connectivity index (χ1v) is 4.77. The summed E-state index contributed by atoms with van der Waals surface area (Å²) in [7, 11) is 1.07. The van der Waals surface area contributed by atoms with Crippen LogP contribution in [0.1, 0.15) is 22.5 Å². The third kappa shape index (κ3) is 2.58. The Morgan fingerprint density at radius 3 is 2.67 bits per heavy atom. The normalized spacial score (nSPS) is 10.5. The quantitative estimate of drug-likeness (QED) is 0.475. The lowest BCUT2D eigenvalue weighted by atomic mass is 10.2. The van der Waals surface area contributed by atoms with Gasteiger partial charge in [-0.15, -0.1) is 0 Å². The second kappa shape index (κ2) is 4.77. The van der Waals surface area contributed by atoms with Gasteiger partial charge in [-0.3, -0.25) is 0 Å². The Balaban J connectivity index is 3.25. The molecule has 0 aliphatic rings. The second-order valence-corrected chi connectivity index (χ2v) is 3.65. The number of esters is 1. The molecule has 0 spiro atoms. The molecule has 0 N–H and O–H groups in total. The zero-order valence-electron chi connectivity index (χ0n) is 7.43. The van der Waals surface area contributed by atoms with Gasteiger partial charge in [0.15, 0.2) is 0 Å². The largest absolute Gasteiger partial charge is 0.465 e. The van der Waals surface area contributed by atoms with Crippen LogP contribution < -0.4 is 0 Å². The van der Waals surface area contributed by atoms with Crippen molar-refractivity contribution in [3.63, 3.8) is 0 Å². The summed E-state index contributed by atoms with van der Waals surface area (Å²) >= 11 is 1.55. The van der Waals surface area contributed by atoms with Gasteiger partial charge in [-0.1, -0.05) is 0 Å². The van der Waals surface area contributed by atoms with E-state index in [0.29, 0.717) is 0 Å². The molecule has 1 aromatic rings. The highest BCUT2D eigenvalue weighted by Gasteiger charge is 2.21. The van der Waals surface area contributed by atoms with Crippen molar-refractivity contribution in [1.82, 2.24) is 4.98 Å². The van der Waals surface area contributed by atoms with Crippen molar-refractivity contribution in [2.45, 2.75) is 6.43 Å². The van der Waals surface area contributed by atoms with Crippen molar-refractivity contribution in [3.05, 3.63) is 26.8 Å². The monoisotopic (exact) mass is 331 g/mol. The molecule has 82 valence electrons. The van der Waals surface area contributed by atoms with Gasteiger partial charge in [0.25, 0.3) is 6.43 Å². The van der Waals surface area contributed by atoms with Crippen LogP contribution >= 0.6 is 22.6 Å². The molecule has 7 heteroatoms. The topological polar surface area (TPSA) is 39.2 Å². The van der Waals surface area contributed by atoms with Crippen molar-refractivity contribution in [3.8, 4) is 0 Å². The number of halogens is 4. The van der Waals surface area contributed by atoms with E-state index < -0.39 is 29.6 Å². The van der Waals surface area contributed by atoms with Gasteiger partial charge in [0.1, 0.15) is 11.3 Å². The Morgan fingerprint density at radius 2 is 2.20 bits per heavy atom. The predicted octanol–water partition coefficient (Wildman–Crippen LogP) is 2.55. The zero-order valence-corrected chi connectivity index (χ0v) is 9.59. The third-order valence-electron chi connectivity index (χ3n) is 1.57. The summed E-state index contributed by atoms with van der Waals surface area (Å²) in [6, 6.07) is 0.982. The lowest BCUT2D eigenvalue weighted by molar-refractivity contribution is 0.0593. The molecule has 0 fully saturated rings. The number of rotatable bonds is 2. The van der Waals surface area contributed by atoms with Crippen LogP contribution in [0.25, 0.3) is 0 Å². The summed E-state index contributed by atoms with van der Waals surface area (Å²) in [5.74, 6) is -2.20. The Labute approximate surface area is 96.8 Å². The van der Waals surface area contributed by atoms with Gasteiger partial charge in [0.2, 0.25) is 5.95 Å².